The van der Waals surface area contributed by atoms with E-state index in [0.29, 0.717) is 17.1 Å². The highest BCUT2D eigenvalue weighted by Gasteiger charge is 2.38. The van der Waals surface area contributed by atoms with E-state index >= 15 is 0 Å². The van der Waals surface area contributed by atoms with Gasteiger partial charge in [-0.05, 0) is 45.4 Å². The standard InChI is InChI=1S/C15H20ClFN2O2/c1-15(2,3)21-14(20)19-13-7-12(13)18-8-9-6-10(16)4-5-11(9)17/h4-6,12-13,18H,7-8H2,1-3H3,(H,19,20). The third kappa shape index (κ3) is 5.17. The van der Waals surface area contributed by atoms with E-state index in [2.05, 4.69) is 10.6 Å². The predicted octanol–water partition coefficient (Wildman–Crippen LogP) is 3.23. The molecule has 0 heterocycles. The number of rotatable bonds is 4. The number of carbonyl (C=O) groups is 1. The zero-order valence-electron chi connectivity index (χ0n) is 12.4. The summed E-state index contributed by atoms with van der Waals surface area (Å²) in [7, 11) is 0. The van der Waals surface area contributed by atoms with Gasteiger partial charge in [0.1, 0.15) is 11.4 Å². The molecule has 1 aromatic carbocycles. The van der Waals surface area contributed by atoms with E-state index in [1.54, 1.807) is 6.07 Å². The van der Waals surface area contributed by atoms with Crippen molar-refractivity contribution in [3.05, 3.63) is 34.6 Å². The lowest BCUT2D eigenvalue weighted by molar-refractivity contribution is 0.0522. The second-order valence-corrected chi connectivity index (χ2v) is 6.65. The summed E-state index contributed by atoms with van der Waals surface area (Å²) in [5.74, 6) is -0.288. The Labute approximate surface area is 129 Å². The summed E-state index contributed by atoms with van der Waals surface area (Å²) in [4.78, 5) is 11.6. The second kappa shape index (κ2) is 6.20. The zero-order valence-corrected chi connectivity index (χ0v) is 13.1. The zero-order chi connectivity index (χ0) is 15.6. The van der Waals surface area contributed by atoms with Gasteiger partial charge in [0.15, 0.2) is 0 Å². The molecule has 0 saturated heterocycles. The SMILES string of the molecule is CC(C)(C)OC(=O)NC1CC1NCc1cc(Cl)ccc1F. The van der Waals surface area contributed by atoms with E-state index in [-0.39, 0.29) is 17.9 Å². The van der Waals surface area contributed by atoms with Crippen molar-refractivity contribution < 1.29 is 13.9 Å². The van der Waals surface area contributed by atoms with E-state index in [4.69, 9.17) is 16.3 Å². The number of hydrogen-bond acceptors (Lipinski definition) is 3. The Morgan fingerprint density at radius 3 is 2.81 bits per heavy atom. The van der Waals surface area contributed by atoms with Gasteiger partial charge in [-0.15, -0.1) is 0 Å². The van der Waals surface area contributed by atoms with Gasteiger partial charge >= 0.3 is 6.09 Å². The van der Waals surface area contributed by atoms with E-state index in [0.717, 1.165) is 6.42 Å². The van der Waals surface area contributed by atoms with Gasteiger partial charge in [0.25, 0.3) is 0 Å². The summed E-state index contributed by atoms with van der Waals surface area (Å²) < 4.78 is 18.7. The van der Waals surface area contributed by atoms with Crippen molar-refractivity contribution in [1.82, 2.24) is 10.6 Å². The van der Waals surface area contributed by atoms with Crippen LogP contribution in [0.5, 0.6) is 0 Å². The minimum absolute atomic E-state index is 0.0297. The molecule has 0 aliphatic heterocycles. The highest BCUT2D eigenvalue weighted by atomic mass is 35.5. The molecule has 1 aliphatic carbocycles. The fourth-order valence-electron chi connectivity index (χ4n) is 1.96. The molecule has 1 aromatic rings. The number of hydrogen-bond donors (Lipinski definition) is 2. The van der Waals surface area contributed by atoms with Crippen molar-refractivity contribution >= 4 is 17.7 Å². The summed E-state index contributed by atoms with van der Waals surface area (Å²) >= 11 is 5.84. The molecule has 2 atom stereocenters. The molecule has 0 radical (unpaired) electrons. The van der Waals surface area contributed by atoms with Crippen LogP contribution in [0.4, 0.5) is 9.18 Å². The molecule has 1 saturated carbocycles. The van der Waals surface area contributed by atoms with Crippen LogP contribution in [0.2, 0.25) is 5.02 Å². The van der Waals surface area contributed by atoms with Crippen molar-refractivity contribution in [1.29, 1.82) is 0 Å². The molecule has 2 unspecified atom stereocenters. The van der Waals surface area contributed by atoms with Crippen LogP contribution in [0, 0.1) is 5.82 Å². The quantitative estimate of drug-likeness (QED) is 0.897. The first kappa shape index (κ1) is 16.0. The highest BCUT2D eigenvalue weighted by Crippen LogP contribution is 2.23. The topological polar surface area (TPSA) is 50.4 Å². The molecule has 116 valence electrons. The number of halogens is 2. The summed E-state index contributed by atoms with van der Waals surface area (Å²) in [6.07, 6.45) is 0.382. The summed E-state index contributed by atoms with van der Waals surface area (Å²) in [5.41, 5.74) is 0.0108. The first-order valence-corrected chi connectivity index (χ1v) is 7.29. The fourth-order valence-corrected chi connectivity index (χ4v) is 2.15. The van der Waals surface area contributed by atoms with Crippen molar-refractivity contribution in [2.75, 3.05) is 0 Å². The Bertz CT molecular complexity index is 531. The van der Waals surface area contributed by atoms with Gasteiger partial charge in [-0.25, -0.2) is 9.18 Å². The van der Waals surface area contributed by atoms with Crippen molar-refractivity contribution in [3.8, 4) is 0 Å². The largest absolute Gasteiger partial charge is 0.444 e. The van der Waals surface area contributed by atoms with E-state index in [1.165, 1.54) is 12.1 Å². The number of benzene rings is 1. The Kier molecular flexibility index (Phi) is 4.74. The van der Waals surface area contributed by atoms with Crippen LogP contribution >= 0.6 is 11.6 Å². The van der Waals surface area contributed by atoms with Gasteiger partial charge in [0.2, 0.25) is 0 Å². The average molecular weight is 315 g/mol. The first-order valence-electron chi connectivity index (χ1n) is 6.91. The van der Waals surface area contributed by atoms with Crippen LogP contribution in [0.15, 0.2) is 18.2 Å². The molecule has 21 heavy (non-hydrogen) atoms. The van der Waals surface area contributed by atoms with Crippen molar-refractivity contribution in [3.63, 3.8) is 0 Å². The number of amides is 1. The Hall–Kier alpha value is -1.33. The summed E-state index contributed by atoms with van der Waals surface area (Å²) in [6.45, 7) is 5.83. The van der Waals surface area contributed by atoms with Gasteiger partial charge in [-0.2, -0.15) is 0 Å². The summed E-state index contributed by atoms with van der Waals surface area (Å²) in [5, 5.41) is 6.48. The van der Waals surface area contributed by atoms with E-state index < -0.39 is 11.7 Å². The lowest BCUT2D eigenvalue weighted by Gasteiger charge is -2.19. The molecule has 0 aromatic heterocycles. The van der Waals surface area contributed by atoms with Gasteiger partial charge in [-0.3, -0.25) is 0 Å². The first-order chi connectivity index (χ1) is 9.74. The molecule has 0 bridgehead atoms. The van der Waals surface area contributed by atoms with Crippen LogP contribution in [-0.2, 0) is 11.3 Å². The maximum Gasteiger partial charge on any atom is 0.407 e. The lowest BCUT2D eigenvalue weighted by Crippen LogP contribution is -2.36. The van der Waals surface area contributed by atoms with Crippen molar-refractivity contribution in [2.24, 2.45) is 0 Å². The highest BCUT2D eigenvalue weighted by molar-refractivity contribution is 6.30. The lowest BCUT2D eigenvalue weighted by atomic mass is 10.2. The minimum atomic E-state index is -0.508. The molecule has 2 N–H and O–H groups in total. The van der Waals surface area contributed by atoms with Crippen LogP contribution in [0.3, 0.4) is 0 Å². The van der Waals surface area contributed by atoms with Gasteiger partial charge < -0.3 is 15.4 Å². The van der Waals surface area contributed by atoms with Crippen LogP contribution in [-0.4, -0.2) is 23.8 Å². The van der Waals surface area contributed by atoms with Crippen molar-refractivity contribution in [2.45, 2.75) is 51.4 Å². The van der Waals surface area contributed by atoms with E-state index in [1.807, 2.05) is 20.8 Å². The molecule has 6 heteroatoms. The Morgan fingerprint density at radius 1 is 1.43 bits per heavy atom. The van der Waals surface area contributed by atoms with Gasteiger partial charge in [-0.1, -0.05) is 11.6 Å². The third-order valence-electron chi connectivity index (χ3n) is 3.06. The average Bonchev–Trinajstić information content (AvgIpc) is 3.06. The Balaban J connectivity index is 1.75. The predicted molar refractivity (Wildman–Crippen MR) is 79.8 cm³/mol. The Morgan fingerprint density at radius 2 is 2.14 bits per heavy atom. The molecule has 1 aliphatic rings. The third-order valence-corrected chi connectivity index (χ3v) is 3.29. The molecule has 4 nitrogen and oxygen atoms in total. The number of ether oxygens (including phenoxy) is 1. The maximum absolute atomic E-state index is 13.5. The number of nitrogens with one attached hydrogen (secondary N) is 2. The second-order valence-electron chi connectivity index (χ2n) is 6.21. The van der Waals surface area contributed by atoms with Crippen LogP contribution in [0.1, 0.15) is 32.8 Å². The van der Waals surface area contributed by atoms with Gasteiger partial charge in [0.05, 0.1) is 0 Å². The normalized spacial score (nSPS) is 21.0. The number of carbonyl (C=O) groups excluding carboxylic acids is 1. The molecular formula is C15H20ClFN2O2. The molecule has 0 spiro atoms. The smallest absolute Gasteiger partial charge is 0.407 e. The fraction of sp³-hybridized carbons (Fsp3) is 0.533. The van der Waals surface area contributed by atoms with Crippen LogP contribution < -0.4 is 10.6 Å². The minimum Gasteiger partial charge on any atom is -0.444 e. The monoisotopic (exact) mass is 314 g/mol. The van der Waals surface area contributed by atoms with Gasteiger partial charge in [0, 0.05) is 29.2 Å². The molecule has 1 fully saturated rings. The molecule has 2 rings (SSSR count). The molecular weight excluding hydrogens is 295 g/mol. The van der Waals surface area contributed by atoms with E-state index in [9.17, 15) is 9.18 Å². The maximum atomic E-state index is 13.5. The molecule has 1 amide bonds. The van der Waals surface area contributed by atoms with Crippen LogP contribution in [0.25, 0.3) is 0 Å². The summed E-state index contributed by atoms with van der Waals surface area (Å²) in [6, 6.07) is 4.63. The number of alkyl carbamates (subject to hydrolysis) is 1.